The SMILES string of the molecule is CCOc1ccc(C(=O)NCC(=O)NC2CCCCC2)cc1OCC. The summed E-state index contributed by atoms with van der Waals surface area (Å²) in [7, 11) is 0. The first-order valence-corrected chi connectivity index (χ1v) is 9.11. The van der Waals surface area contributed by atoms with Crippen molar-refractivity contribution in [2.45, 2.75) is 52.0 Å². The predicted molar refractivity (Wildman–Crippen MR) is 96.1 cm³/mol. The van der Waals surface area contributed by atoms with Crippen molar-refractivity contribution in [3.63, 3.8) is 0 Å². The summed E-state index contributed by atoms with van der Waals surface area (Å²) < 4.78 is 11.0. The minimum absolute atomic E-state index is 0.0213. The van der Waals surface area contributed by atoms with Gasteiger partial charge in [0.2, 0.25) is 5.91 Å². The van der Waals surface area contributed by atoms with Gasteiger partial charge in [0, 0.05) is 11.6 Å². The topological polar surface area (TPSA) is 76.7 Å². The average Bonchev–Trinajstić information content (AvgIpc) is 2.62. The van der Waals surface area contributed by atoms with Crippen LogP contribution in [0.3, 0.4) is 0 Å². The molecule has 6 heteroatoms. The lowest BCUT2D eigenvalue weighted by atomic mass is 9.95. The molecule has 1 aliphatic carbocycles. The Morgan fingerprint density at radius 2 is 1.72 bits per heavy atom. The summed E-state index contributed by atoms with van der Waals surface area (Å²) in [6, 6.07) is 5.27. The van der Waals surface area contributed by atoms with E-state index in [1.165, 1.54) is 6.42 Å². The molecule has 1 aromatic carbocycles. The fourth-order valence-corrected chi connectivity index (χ4v) is 2.98. The number of benzene rings is 1. The van der Waals surface area contributed by atoms with Crippen molar-refractivity contribution < 1.29 is 19.1 Å². The molecular weight excluding hydrogens is 320 g/mol. The fraction of sp³-hybridized carbons (Fsp3) is 0.579. The Bertz CT molecular complexity index is 583. The lowest BCUT2D eigenvalue weighted by molar-refractivity contribution is -0.121. The summed E-state index contributed by atoms with van der Waals surface area (Å²) in [5.74, 6) is 0.693. The van der Waals surface area contributed by atoms with Gasteiger partial charge in [0.1, 0.15) is 0 Å². The van der Waals surface area contributed by atoms with Crippen LogP contribution in [0, 0.1) is 0 Å². The first-order chi connectivity index (χ1) is 12.1. The molecule has 2 amide bonds. The van der Waals surface area contributed by atoms with Crippen molar-refractivity contribution >= 4 is 11.8 Å². The zero-order valence-corrected chi connectivity index (χ0v) is 15.1. The van der Waals surface area contributed by atoms with Crippen LogP contribution < -0.4 is 20.1 Å². The number of carbonyl (C=O) groups excluding carboxylic acids is 2. The molecule has 0 spiro atoms. The Labute approximate surface area is 149 Å². The number of hydrogen-bond donors (Lipinski definition) is 2. The second kappa shape index (κ2) is 9.91. The highest BCUT2D eigenvalue weighted by atomic mass is 16.5. The van der Waals surface area contributed by atoms with Crippen LogP contribution in [0.2, 0.25) is 0 Å². The minimum Gasteiger partial charge on any atom is -0.490 e. The molecule has 0 atom stereocenters. The molecule has 25 heavy (non-hydrogen) atoms. The van der Waals surface area contributed by atoms with E-state index in [0.717, 1.165) is 25.7 Å². The van der Waals surface area contributed by atoms with Crippen molar-refractivity contribution in [2.75, 3.05) is 19.8 Å². The smallest absolute Gasteiger partial charge is 0.251 e. The highest BCUT2D eigenvalue weighted by Gasteiger charge is 2.17. The molecule has 1 aromatic rings. The Hall–Kier alpha value is -2.24. The molecule has 1 fully saturated rings. The maximum Gasteiger partial charge on any atom is 0.251 e. The quantitative estimate of drug-likeness (QED) is 0.757. The van der Waals surface area contributed by atoms with Crippen LogP contribution in [0.5, 0.6) is 11.5 Å². The van der Waals surface area contributed by atoms with Gasteiger partial charge in [0.05, 0.1) is 19.8 Å². The van der Waals surface area contributed by atoms with Crippen LogP contribution in [0.1, 0.15) is 56.3 Å². The molecule has 2 rings (SSSR count). The minimum atomic E-state index is -0.303. The van der Waals surface area contributed by atoms with Gasteiger partial charge in [0.15, 0.2) is 11.5 Å². The van der Waals surface area contributed by atoms with E-state index in [1.807, 2.05) is 13.8 Å². The lowest BCUT2D eigenvalue weighted by Crippen LogP contribution is -2.42. The molecule has 0 radical (unpaired) electrons. The molecule has 0 aromatic heterocycles. The van der Waals surface area contributed by atoms with Crippen molar-refractivity contribution in [3.8, 4) is 11.5 Å². The maximum atomic E-state index is 12.3. The van der Waals surface area contributed by atoms with Crippen LogP contribution in [0.4, 0.5) is 0 Å². The van der Waals surface area contributed by atoms with E-state index in [-0.39, 0.29) is 24.4 Å². The number of hydrogen-bond acceptors (Lipinski definition) is 4. The lowest BCUT2D eigenvalue weighted by Gasteiger charge is -2.22. The fourth-order valence-electron chi connectivity index (χ4n) is 2.98. The monoisotopic (exact) mass is 348 g/mol. The number of nitrogens with one attached hydrogen (secondary N) is 2. The summed E-state index contributed by atoms with van der Waals surface area (Å²) in [6.07, 6.45) is 5.60. The van der Waals surface area contributed by atoms with E-state index >= 15 is 0 Å². The van der Waals surface area contributed by atoms with E-state index in [1.54, 1.807) is 18.2 Å². The van der Waals surface area contributed by atoms with Gasteiger partial charge in [-0.15, -0.1) is 0 Å². The molecule has 2 N–H and O–H groups in total. The molecule has 1 saturated carbocycles. The van der Waals surface area contributed by atoms with Gasteiger partial charge in [-0.05, 0) is 44.9 Å². The second-order valence-corrected chi connectivity index (χ2v) is 6.11. The predicted octanol–water partition coefficient (Wildman–Crippen LogP) is 2.66. The normalized spacial score (nSPS) is 14.6. The summed E-state index contributed by atoms with van der Waals surface area (Å²) in [5.41, 5.74) is 0.442. The Morgan fingerprint density at radius 3 is 2.40 bits per heavy atom. The van der Waals surface area contributed by atoms with Gasteiger partial charge in [-0.25, -0.2) is 0 Å². The Balaban J connectivity index is 1.88. The van der Waals surface area contributed by atoms with Crippen LogP contribution in [-0.2, 0) is 4.79 Å². The summed E-state index contributed by atoms with van der Waals surface area (Å²) in [5, 5.41) is 5.65. The standard InChI is InChI=1S/C19H28N2O4/c1-3-24-16-11-10-14(12-17(16)25-4-2)19(23)20-13-18(22)21-15-8-6-5-7-9-15/h10-12,15H,3-9,13H2,1-2H3,(H,20,23)(H,21,22). The van der Waals surface area contributed by atoms with E-state index in [9.17, 15) is 9.59 Å². The third kappa shape index (κ3) is 5.96. The van der Waals surface area contributed by atoms with E-state index in [2.05, 4.69) is 10.6 Å². The zero-order chi connectivity index (χ0) is 18.1. The summed E-state index contributed by atoms with van der Waals surface area (Å²) in [4.78, 5) is 24.3. The molecule has 6 nitrogen and oxygen atoms in total. The molecular formula is C19H28N2O4. The average molecular weight is 348 g/mol. The second-order valence-electron chi connectivity index (χ2n) is 6.11. The molecule has 0 heterocycles. The first-order valence-electron chi connectivity index (χ1n) is 9.11. The van der Waals surface area contributed by atoms with Crippen LogP contribution in [0.15, 0.2) is 18.2 Å². The Kier molecular flexibility index (Phi) is 7.57. The summed E-state index contributed by atoms with van der Waals surface area (Å²) in [6.45, 7) is 4.74. The summed E-state index contributed by atoms with van der Waals surface area (Å²) >= 11 is 0. The zero-order valence-electron chi connectivity index (χ0n) is 15.1. The van der Waals surface area contributed by atoms with Gasteiger partial charge in [0.25, 0.3) is 5.91 Å². The largest absolute Gasteiger partial charge is 0.490 e. The van der Waals surface area contributed by atoms with Gasteiger partial charge >= 0.3 is 0 Å². The number of ether oxygens (including phenoxy) is 2. The van der Waals surface area contributed by atoms with Crippen molar-refractivity contribution in [1.82, 2.24) is 10.6 Å². The van der Waals surface area contributed by atoms with E-state index < -0.39 is 0 Å². The van der Waals surface area contributed by atoms with Crippen molar-refractivity contribution in [1.29, 1.82) is 0 Å². The van der Waals surface area contributed by atoms with E-state index in [4.69, 9.17) is 9.47 Å². The molecule has 138 valence electrons. The van der Waals surface area contributed by atoms with Gasteiger partial charge < -0.3 is 20.1 Å². The van der Waals surface area contributed by atoms with E-state index in [0.29, 0.717) is 30.3 Å². The molecule has 0 bridgehead atoms. The van der Waals surface area contributed by atoms with Crippen molar-refractivity contribution in [3.05, 3.63) is 23.8 Å². The van der Waals surface area contributed by atoms with Gasteiger partial charge in [-0.2, -0.15) is 0 Å². The number of carbonyl (C=O) groups is 2. The molecule has 1 aliphatic rings. The Morgan fingerprint density at radius 1 is 1.04 bits per heavy atom. The molecule has 0 saturated heterocycles. The first kappa shape index (κ1) is 19.1. The van der Waals surface area contributed by atoms with Crippen LogP contribution in [-0.4, -0.2) is 37.6 Å². The van der Waals surface area contributed by atoms with Gasteiger partial charge in [-0.3, -0.25) is 9.59 Å². The van der Waals surface area contributed by atoms with Crippen LogP contribution in [0.25, 0.3) is 0 Å². The molecule has 0 unspecified atom stereocenters. The molecule has 0 aliphatic heterocycles. The van der Waals surface area contributed by atoms with Crippen molar-refractivity contribution in [2.24, 2.45) is 0 Å². The third-order valence-electron chi connectivity index (χ3n) is 4.19. The van der Waals surface area contributed by atoms with Gasteiger partial charge in [-0.1, -0.05) is 19.3 Å². The maximum absolute atomic E-state index is 12.3. The number of amides is 2. The highest BCUT2D eigenvalue weighted by molar-refractivity contribution is 5.97. The third-order valence-corrected chi connectivity index (χ3v) is 4.19. The number of rotatable bonds is 8. The highest BCUT2D eigenvalue weighted by Crippen LogP contribution is 2.28. The van der Waals surface area contributed by atoms with Crippen LogP contribution >= 0.6 is 0 Å².